The lowest BCUT2D eigenvalue weighted by Crippen LogP contribution is -2.26. The van der Waals surface area contributed by atoms with Crippen LogP contribution in [-0.2, 0) is 6.42 Å². The van der Waals surface area contributed by atoms with Gasteiger partial charge in [-0.3, -0.25) is 4.99 Å². The van der Waals surface area contributed by atoms with Crippen LogP contribution < -0.4 is 16.2 Å². The molecule has 0 aliphatic carbocycles. The van der Waals surface area contributed by atoms with Gasteiger partial charge in [-0.1, -0.05) is 12.1 Å². The normalized spacial score (nSPS) is 15.7. The molecule has 4 N–H and O–H groups in total. The number of aromatic nitrogens is 3. The second-order valence-corrected chi connectivity index (χ2v) is 6.52. The number of aryl methyl sites for hydroxylation is 1. The van der Waals surface area contributed by atoms with Crippen LogP contribution >= 0.6 is 0 Å². The van der Waals surface area contributed by atoms with Gasteiger partial charge in [-0.05, 0) is 30.7 Å². The van der Waals surface area contributed by atoms with Crippen LogP contribution in [0.3, 0.4) is 0 Å². The lowest BCUT2D eigenvalue weighted by atomic mass is 9.91. The van der Waals surface area contributed by atoms with E-state index in [1.807, 2.05) is 6.92 Å². The molecule has 3 heterocycles. The van der Waals surface area contributed by atoms with E-state index in [0.717, 1.165) is 11.3 Å². The molecule has 0 bridgehead atoms. The van der Waals surface area contributed by atoms with Crippen molar-refractivity contribution >= 4 is 11.8 Å². The first-order valence-corrected chi connectivity index (χ1v) is 8.73. The monoisotopic (exact) mass is 378 g/mol. The smallest absolute Gasteiger partial charge is 0.220 e. The summed E-state index contributed by atoms with van der Waals surface area (Å²) >= 11 is 0. The number of pyridine rings is 1. The molecule has 0 amide bonds. The summed E-state index contributed by atoms with van der Waals surface area (Å²) in [6.45, 7) is 1.82. The number of fused-ring (bicyclic) bond motifs is 1. The highest BCUT2D eigenvalue weighted by Crippen LogP contribution is 2.35. The molecule has 28 heavy (non-hydrogen) atoms. The number of anilines is 1. The Hall–Kier alpha value is -3.55. The number of methoxy groups -OCH3 is 1. The van der Waals surface area contributed by atoms with Gasteiger partial charge >= 0.3 is 0 Å². The lowest BCUT2D eigenvalue weighted by Gasteiger charge is -2.24. The van der Waals surface area contributed by atoms with E-state index >= 15 is 0 Å². The molecule has 1 aliphatic heterocycles. The Morgan fingerprint density at radius 2 is 1.93 bits per heavy atom. The summed E-state index contributed by atoms with van der Waals surface area (Å²) in [7, 11) is 1.54. The van der Waals surface area contributed by atoms with Crippen molar-refractivity contribution < 1.29 is 9.13 Å². The SMILES string of the molecule is COc1cccc(-c2cc(F)ccc2C2Cc3nc(N)nc(C)c3C(N)=N2)n1. The molecule has 7 nitrogen and oxygen atoms in total. The molecule has 1 aromatic carbocycles. The number of rotatable bonds is 3. The van der Waals surface area contributed by atoms with Crippen LogP contribution in [0.5, 0.6) is 5.88 Å². The second-order valence-electron chi connectivity index (χ2n) is 6.52. The van der Waals surface area contributed by atoms with Crippen LogP contribution in [0.4, 0.5) is 10.3 Å². The van der Waals surface area contributed by atoms with Crippen LogP contribution in [0.15, 0.2) is 41.4 Å². The molecule has 0 saturated heterocycles. The first-order chi connectivity index (χ1) is 13.5. The molecule has 8 heteroatoms. The second kappa shape index (κ2) is 6.88. The molecule has 3 aromatic rings. The summed E-state index contributed by atoms with van der Waals surface area (Å²) in [6, 6.07) is 9.55. The molecule has 1 aliphatic rings. The zero-order valence-corrected chi connectivity index (χ0v) is 15.5. The highest BCUT2D eigenvalue weighted by Gasteiger charge is 2.27. The molecule has 0 saturated carbocycles. The highest BCUT2D eigenvalue weighted by atomic mass is 19.1. The molecular formula is C20H19FN6O. The van der Waals surface area contributed by atoms with Gasteiger partial charge in [0.15, 0.2) is 0 Å². The number of nitrogens with two attached hydrogens (primary N) is 2. The van der Waals surface area contributed by atoms with E-state index in [2.05, 4.69) is 19.9 Å². The summed E-state index contributed by atoms with van der Waals surface area (Å²) in [5.41, 5.74) is 16.2. The fraction of sp³-hybridized carbons (Fsp3) is 0.200. The molecule has 1 unspecified atom stereocenters. The van der Waals surface area contributed by atoms with Gasteiger partial charge in [-0.2, -0.15) is 0 Å². The van der Waals surface area contributed by atoms with Crippen molar-refractivity contribution in [3.63, 3.8) is 0 Å². The number of hydrogen-bond donors (Lipinski definition) is 2. The number of ether oxygens (including phenoxy) is 1. The van der Waals surface area contributed by atoms with Crippen molar-refractivity contribution in [1.29, 1.82) is 0 Å². The molecular weight excluding hydrogens is 359 g/mol. The van der Waals surface area contributed by atoms with E-state index in [0.29, 0.717) is 40.7 Å². The third-order valence-corrected chi connectivity index (χ3v) is 4.70. The average molecular weight is 378 g/mol. The first kappa shape index (κ1) is 17.8. The third-order valence-electron chi connectivity index (χ3n) is 4.70. The Morgan fingerprint density at radius 1 is 1.11 bits per heavy atom. The number of hydrogen-bond acceptors (Lipinski definition) is 7. The van der Waals surface area contributed by atoms with E-state index in [4.69, 9.17) is 16.2 Å². The van der Waals surface area contributed by atoms with Crippen LogP contribution in [0.25, 0.3) is 11.3 Å². The Labute approximate surface area is 161 Å². The van der Waals surface area contributed by atoms with E-state index in [-0.39, 0.29) is 17.8 Å². The summed E-state index contributed by atoms with van der Waals surface area (Å²) < 4.78 is 19.2. The first-order valence-electron chi connectivity index (χ1n) is 8.73. The van der Waals surface area contributed by atoms with Crippen LogP contribution in [-0.4, -0.2) is 27.9 Å². The van der Waals surface area contributed by atoms with E-state index in [9.17, 15) is 4.39 Å². The molecule has 2 aromatic heterocycles. The number of benzene rings is 1. The Bertz CT molecular complexity index is 1100. The molecule has 1 atom stereocenters. The number of amidine groups is 1. The summed E-state index contributed by atoms with van der Waals surface area (Å²) in [5, 5.41) is 0. The molecule has 0 fully saturated rings. The van der Waals surface area contributed by atoms with Gasteiger partial charge in [0.25, 0.3) is 0 Å². The largest absolute Gasteiger partial charge is 0.481 e. The molecule has 0 radical (unpaired) electrons. The van der Waals surface area contributed by atoms with Gasteiger partial charge in [0, 0.05) is 18.1 Å². The number of halogens is 1. The van der Waals surface area contributed by atoms with Gasteiger partial charge in [-0.15, -0.1) is 0 Å². The Morgan fingerprint density at radius 3 is 2.71 bits per heavy atom. The maximum atomic E-state index is 14.0. The maximum Gasteiger partial charge on any atom is 0.220 e. The Balaban J connectivity index is 1.84. The van der Waals surface area contributed by atoms with Crippen molar-refractivity contribution in [2.75, 3.05) is 12.8 Å². The van der Waals surface area contributed by atoms with E-state index in [1.54, 1.807) is 24.3 Å². The van der Waals surface area contributed by atoms with Gasteiger partial charge in [-0.25, -0.2) is 19.3 Å². The molecule has 4 rings (SSSR count). The summed E-state index contributed by atoms with van der Waals surface area (Å²) in [5.74, 6) is 0.621. The topological polar surface area (TPSA) is 112 Å². The van der Waals surface area contributed by atoms with Crippen LogP contribution in [0, 0.1) is 12.7 Å². The predicted molar refractivity (Wildman–Crippen MR) is 105 cm³/mol. The maximum absolute atomic E-state index is 14.0. The highest BCUT2D eigenvalue weighted by molar-refractivity contribution is 6.00. The average Bonchev–Trinajstić information content (AvgIpc) is 2.67. The van der Waals surface area contributed by atoms with Gasteiger partial charge in [0.1, 0.15) is 11.7 Å². The van der Waals surface area contributed by atoms with Crippen LogP contribution in [0.2, 0.25) is 0 Å². The minimum Gasteiger partial charge on any atom is -0.481 e. The van der Waals surface area contributed by atoms with Crippen molar-refractivity contribution in [3.8, 4) is 17.1 Å². The van der Waals surface area contributed by atoms with Gasteiger partial charge < -0.3 is 16.2 Å². The van der Waals surface area contributed by atoms with Gasteiger partial charge in [0.05, 0.1) is 35.8 Å². The lowest BCUT2D eigenvalue weighted by molar-refractivity contribution is 0.398. The number of nitrogen functional groups attached to an aromatic ring is 1. The van der Waals surface area contributed by atoms with E-state index < -0.39 is 0 Å². The minimum absolute atomic E-state index is 0.193. The number of aliphatic imine (C=N–C) groups is 1. The summed E-state index contributed by atoms with van der Waals surface area (Å²) in [6.07, 6.45) is 0.478. The number of nitrogens with zero attached hydrogens (tertiary/aromatic N) is 4. The molecule has 0 spiro atoms. The van der Waals surface area contributed by atoms with Crippen molar-refractivity contribution in [3.05, 3.63) is 64.7 Å². The van der Waals surface area contributed by atoms with Crippen molar-refractivity contribution in [2.24, 2.45) is 10.7 Å². The molecule has 142 valence electrons. The zero-order valence-electron chi connectivity index (χ0n) is 15.5. The standard InChI is InChI=1S/C20H19FN6O/c1-10-18-16(27-20(23)24-10)9-15(26-19(18)22)12-7-6-11(21)8-13(12)14-4-3-5-17(25-14)28-2/h3-8,15H,9H2,1-2H3,(H2,22,26)(H2,23,24,27). The van der Waals surface area contributed by atoms with Crippen molar-refractivity contribution in [1.82, 2.24) is 15.0 Å². The fourth-order valence-electron chi connectivity index (χ4n) is 3.50. The third kappa shape index (κ3) is 3.13. The minimum atomic E-state index is -0.362. The zero-order chi connectivity index (χ0) is 19.8. The fourth-order valence-corrected chi connectivity index (χ4v) is 3.50. The summed E-state index contributed by atoms with van der Waals surface area (Å²) in [4.78, 5) is 17.6. The predicted octanol–water partition coefficient (Wildman–Crippen LogP) is 2.58. The Kier molecular flexibility index (Phi) is 4.38. The van der Waals surface area contributed by atoms with Gasteiger partial charge in [0.2, 0.25) is 11.8 Å². The van der Waals surface area contributed by atoms with E-state index in [1.165, 1.54) is 19.2 Å². The van der Waals surface area contributed by atoms with Crippen molar-refractivity contribution in [2.45, 2.75) is 19.4 Å². The quantitative estimate of drug-likeness (QED) is 0.724. The van der Waals surface area contributed by atoms with Crippen LogP contribution in [0.1, 0.15) is 28.6 Å².